The Kier molecular flexibility index (Phi) is 4.19. The summed E-state index contributed by atoms with van der Waals surface area (Å²) >= 11 is 0. The Morgan fingerprint density at radius 2 is 1.96 bits per heavy atom. The highest BCUT2D eigenvalue weighted by atomic mass is 19.1. The predicted molar refractivity (Wildman–Crippen MR) is 80.6 cm³/mol. The lowest BCUT2D eigenvalue weighted by Crippen LogP contribution is -2.50. The summed E-state index contributed by atoms with van der Waals surface area (Å²) in [5, 5.41) is 2.43. The van der Waals surface area contributed by atoms with Crippen molar-refractivity contribution in [1.29, 1.82) is 0 Å². The first-order valence-electron chi connectivity index (χ1n) is 7.81. The Labute approximate surface area is 132 Å². The molecule has 5 nitrogen and oxygen atoms in total. The summed E-state index contributed by atoms with van der Waals surface area (Å²) in [6.07, 6.45) is 4.40. The topological polar surface area (TPSA) is 75.4 Å². The Bertz CT molecular complexity index is 638. The summed E-state index contributed by atoms with van der Waals surface area (Å²) in [4.78, 5) is 25.7. The molecule has 1 saturated carbocycles. The second kappa shape index (κ2) is 6.14. The molecular formula is C16H19F2N3O2. The second-order valence-corrected chi connectivity index (χ2v) is 6.23. The fraction of sp³-hybridized carbons (Fsp3) is 0.500. The molecule has 2 aliphatic rings. The number of hydrogen-bond donors (Lipinski definition) is 2. The standard InChI is InChI=1S/C16H19F2N3O2/c17-10-5-6-12(11(18)8-10)20-16(23)21-13-4-2-1-3-9(13)7-14(21)15(19)22/h5-6,8-9,13-14H,1-4,7H2,(H2,19,22)(H,20,23). The van der Waals surface area contributed by atoms with Gasteiger partial charge in [-0.05, 0) is 37.3 Å². The van der Waals surface area contributed by atoms with Crippen LogP contribution in [0.4, 0.5) is 19.3 Å². The highest BCUT2D eigenvalue weighted by molar-refractivity contribution is 5.94. The predicted octanol–water partition coefficient (Wildman–Crippen LogP) is 2.62. The maximum absolute atomic E-state index is 13.7. The molecule has 3 atom stereocenters. The molecule has 1 saturated heterocycles. The van der Waals surface area contributed by atoms with Crippen LogP contribution in [-0.2, 0) is 4.79 Å². The van der Waals surface area contributed by atoms with Gasteiger partial charge in [-0.3, -0.25) is 4.79 Å². The van der Waals surface area contributed by atoms with Crippen LogP contribution in [0.2, 0.25) is 0 Å². The largest absolute Gasteiger partial charge is 0.368 e. The van der Waals surface area contributed by atoms with Gasteiger partial charge in [0.05, 0.1) is 5.69 Å². The van der Waals surface area contributed by atoms with Gasteiger partial charge in [0.15, 0.2) is 0 Å². The SMILES string of the molecule is NC(=O)C1CC2CCCCC2N1C(=O)Nc1ccc(F)cc1F. The number of amides is 3. The summed E-state index contributed by atoms with van der Waals surface area (Å²) in [6, 6.07) is 1.65. The number of hydrogen-bond acceptors (Lipinski definition) is 2. The molecule has 1 aromatic rings. The molecule has 2 fully saturated rings. The third-order valence-corrected chi connectivity index (χ3v) is 4.82. The average Bonchev–Trinajstić information content (AvgIpc) is 2.90. The molecule has 3 N–H and O–H groups in total. The van der Waals surface area contributed by atoms with Crippen LogP contribution in [0.1, 0.15) is 32.1 Å². The zero-order chi connectivity index (χ0) is 16.6. The number of halogens is 2. The third kappa shape index (κ3) is 3.00. The van der Waals surface area contributed by atoms with Crippen molar-refractivity contribution < 1.29 is 18.4 Å². The van der Waals surface area contributed by atoms with E-state index in [2.05, 4.69) is 5.32 Å². The van der Waals surface area contributed by atoms with Crippen molar-refractivity contribution in [2.75, 3.05) is 5.32 Å². The molecule has 23 heavy (non-hydrogen) atoms. The zero-order valence-electron chi connectivity index (χ0n) is 12.6. The van der Waals surface area contributed by atoms with E-state index >= 15 is 0 Å². The minimum atomic E-state index is -0.853. The van der Waals surface area contributed by atoms with E-state index in [-0.39, 0.29) is 17.6 Å². The number of primary amides is 1. The number of nitrogens with two attached hydrogens (primary N) is 1. The molecule has 0 radical (unpaired) electrons. The normalized spacial score (nSPS) is 26.7. The van der Waals surface area contributed by atoms with Crippen LogP contribution in [0.5, 0.6) is 0 Å². The molecule has 1 aromatic carbocycles. The number of nitrogens with one attached hydrogen (secondary N) is 1. The van der Waals surface area contributed by atoms with Gasteiger partial charge in [0.2, 0.25) is 5.91 Å². The fourth-order valence-electron chi connectivity index (χ4n) is 3.78. The highest BCUT2D eigenvalue weighted by Crippen LogP contribution is 2.40. The lowest BCUT2D eigenvalue weighted by molar-refractivity contribution is -0.121. The number of carbonyl (C=O) groups is 2. The highest BCUT2D eigenvalue weighted by Gasteiger charge is 2.46. The van der Waals surface area contributed by atoms with E-state index in [1.165, 1.54) is 4.90 Å². The van der Waals surface area contributed by atoms with E-state index < -0.39 is 29.6 Å². The van der Waals surface area contributed by atoms with Gasteiger partial charge >= 0.3 is 6.03 Å². The summed E-state index contributed by atoms with van der Waals surface area (Å²) in [6.45, 7) is 0. The number of urea groups is 1. The molecule has 1 aliphatic carbocycles. The lowest BCUT2D eigenvalue weighted by Gasteiger charge is -2.33. The number of rotatable bonds is 2. The molecule has 3 amide bonds. The molecule has 3 unspecified atom stereocenters. The molecule has 1 heterocycles. The van der Waals surface area contributed by atoms with Gasteiger partial charge in [0, 0.05) is 12.1 Å². The number of anilines is 1. The molecule has 0 bridgehead atoms. The van der Waals surface area contributed by atoms with Gasteiger partial charge < -0.3 is 16.0 Å². The van der Waals surface area contributed by atoms with E-state index in [1.54, 1.807) is 0 Å². The fourth-order valence-corrected chi connectivity index (χ4v) is 3.78. The molecule has 1 aliphatic heterocycles. The Morgan fingerprint density at radius 1 is 1.22 bits per heavy atom. The van der Waals surface area contributed by atoms with E-state index in [0.29, 0.717) is 12.5 Å². The first-order valence-corrected chi connectivity index (χ1v) is 7.81. The van der Waals surface area contributed by atoms with Crippen molar-refractivity contribution in [3.05, 3.63) is 29.8 Å². The van der Waals surface area contributed by atoms with Crippen molar-refractivity contribution in [2.24, 2.45) is 11.7 Å². The Hall–Kier alpha value is -2.18. The number of nitrogens with zero attached hydrogens (tertiary/aromatic N) is 1. The molecule has 3 rings (SSSR count). The van der Waals surface area contributed by atoms with Crippen LogP contribution < -0.4 is 11.1 Å². The molecular weight excluding hydrogens is 304 g/mol. The van der Waals surface area contributed by atoms with E-state index in [0.717, 1.165) is 37.8 Å². The Morgan fingerprint density at radius 3 is 2.65 bits per heavy atom. The van der Waals surface area contributed by atoms with E-state index in [1.807, 2.05) is 0 Å². The van der Waals surface area contributed by atoms with E-state index in [4.69, 9.17) is 5.73 Å². The van der Waals surface area contributed by atoms with E-state index in [9.17, 15) is 18.4 Å². The van der Waals surface area contributed by atoms with Crippen molar-refractivity contribution in [3.63, 3.8) is 0 Å². The monoisotopic (exact) mass is 323 g/mol. The van der Waals surface area contributed by atoms with Crippen molar-refractivity contribution in [1.82, 2.24) is 4.90 Å². The van der Waals surface area contributed by atoms with Crippen LogP contribution >= 0.6 is 0 Å². The first kappa shape index (κ1) is 15.7. The third-order valence-electron chi connectivity index (χ3n) is 4.82. The molecule has 0 spiro atoms. The zero-order valence-corrected chi connectivity index (χ0v) is 12.6. The number of carbonyl (C=O) groups excluding carboxylic acids is 2. The van der Waals surface area contributed by atoms with Gasteiger partial charge in [-0.25, -0.2) is 13.6 Å². The maximum Gasteiger partial charge on any atom is 0.322 e. The van der Waals surface area contributed by atoms with Gasteiger partial charge in [0.1, 0.15) is 17.7 Å². The Balaban J connectivity index is 1.82. The van der Waals surface area contributed by atoms with Crippen LogP contribution in [0.25, 0.3) is 0 Å². The minimum absolute atomic E-state index is 0.0511. The average molecular weight is 323 g/mol. The first-order chi connectivity index (χ1) is 11.0. The van der Waals surface area contributed by atoms with Crippen LogP contribution in [0.3, 0.4) is 0 Å². The summed E-state index contributed by atoms with van der Waals surface area (Å²) < 4.78 is 26.7. The summed E-state index contributed by atoms with van der Waals surface area (Å²) in [5.41, 5.74) is 5.33. The minimum Gasteiger partial charge on any atom is -0.368 e. The van der Waals surface area contributed by atoms with Gasteiger partial charge in [-0.15, -0.1) is 0 Å². The second-order valence-electron chi connectivity index (χ2n) is 6.23. The number of benzene rings is 1. The van der Waals surface area contributed by atoms with Gasteiger partial charge in [-0.2, -0.15) is 0 Å². The molecule has 124 valence electrons. The van der Waals surface area contributed by atoms with Crippen molar-refractivity contribution in [2.45, 2.75) is 44.2 Å². The number of likely N-dealkylation sites (tertiary alicyclic amines) is 1. The summed E-state index contributed by atoms with van der Waals surface area (Å²) in [5.74, 6) is -1.86. The van der Waals surface area contributed by atoms with Crippen LogP contribution in [0, 0.1) is 17.6 Å². The lowest BCUT2D eigenvalue weighted by atomic mass is 9.85. The quantitative estimate of drug-likeness (QED) is 0.878. The van der Waals surface area contributed by atoms with Crippen LogP contribution in [-0.4, -0.2) is 28.9 Å². The van der Waals surface area contributed by atoms with Crippen molar-refractivity contribution >= 4 is 17.6 Å². The smallest absolute Gasteiger partial charge is 0.322 e. The number of fused-ring (bicyclic) bond motifs is 1. The molecule has 0 aromatic heterocycles. The van der Waals surface area contributed by atoms with Crippen molar-refractivity contribution in [3.8, 4) is 0 Å². The van der Waals surface area contributed by atoms with Gasteiger partial charge in [0.25, 0.3) is 0 Å². The molecule has 7 heteroatoms. The van der Waals surface area contributed by atoms with Gasteiger partial charge in [-0.1, -0.05) is 12.8 Å². The maximum atomic E-state index is 13.7. The summed E-state index contributed by atoms with van der Waals surface area (Å²) in [7, 11) is 0. The van der Waals surface area contributed by atoms with Crippen LogP contribution in [0.15, 0.2) is 18.2 Å².